The molecule has 1 heterocycles. The Hall–Kier alpha value is -0.800. The first-order chi connectivity index (χ1) is 8.22. The van der Waals surface area contributed by atoms with Crippen molar-refractivity contribution in [2.24, 2.45) is 11.8 Å². The van der Waals surface area contributed by atoms with Crippen LogP contribution >= 0.6 is 0 Å². The molecule has 3 N–H and O–H groups in total. The van der Waals surface area contributed by atoms with E-state index in [1.165, 1.54) is 31.2 Å². The van der Waals surface area contributed by atoms with Crippen LogP contribution in [-0.2, 0) is 0 Å². The van der Waals surface area contributed by atoms with Crippen molar-refractivity contribution >= 4 is 0 Å². The maximum atomic E-state index is 5.65. The zero-order valence-corrected chi connectivity index (χ0v) is 11.3. The molecule has 1 aromatic rings. The van der Waals surface area contributed by atoms with Gasteiger partial charge in [0.15, 0.2) is 0 Å². The van der Waals surface area contributed by atoms with E-state index in [0.29, 0.717) is 0 Å². The van der Waals surface area contributed by atoms with Crippen molar-refractivity contribution in [1.29, 1.82) is 0 Å². The molecule has 2 unspecified atom stereocenters. The minimum atomic E-state index is 0.145. The van der Waals surface area contributed by atoms with Crippen LogP contribution in [0.1, 0.15) is 63.3 Å². The third kappa shape index (κ3) is 4.17. The quantitative estimate of drug-likeness (QED) is 0.536. The zero-order valence-electron chi connectivity index (χ0n) is 11.3. The summed E-state index contributed by atoms with van der Waals surface area (Å²) < 4.78 is 5.52. The number of hydrogen-bond acceptors (Lipinski definition) is 3. The zero-order chi connectivity index (χ0) is 12.7. The first-order valence-corrected chi connectivity index (χ1v) is 6.73. The smallest absolute Gasteiger partial charge is 0.124 e. The van der Waals surface area contributed by atoms with Gasteiger partial charge in [0.2, 0.25) is 0 Å². The van der Waals surface area contributed by atoms with Gasteiger partial charge < -0.3 is 4.42 Å². The van der Waals surface area contributed by atoms with E-state index >= 15 is 0 Å². The lowest BCUT2D eigenvalue weighted by Crippen LogP contribution is -2.29. The summed E-state index contributed by atoms with van der Waals surface area (Å²) in [6, 6.07) is 2.14. The van der Waals surface area contributed by atoms with Gasteiger partial charge in [0.25, 0.3) is 0 Å². The molecule has 0 spiro atoms. The van der Waals surface area contributed by atoms with Crippen LogP contribution < -0.4 is 11.3 Å². The van der Waals surface area contributed by atoms with Crippen LogP contribution in [0.5, 0.6) is 0 Å². The SMILES string of the molecule is CCCCC(CC)CC(NN)c1occc1C. The minimum absolute atomic E-state index is 0.145. The van der Waals surface area contributed by atoms with Crippen molar-refractivity contribution < 1.29 is 4.42 Å². The molecular formula is C14H26N2O. The van der Waals surface area contributed by atoms with Gasteiger partial charge in [-0.1, -0.05) is 39.5 Å². The minimum Gasteiger partial charge on any atom is -0.467 e. The molecule has 2 atom stereocenters. The molecule has 1 aromatic heterocycles. The van der Waals surface area contributed by atoms with Crippen molar-refractivity contribution in [3.8, 4) is 0 Å². The predicted octanol–water partition coefficient (Wildman–Crippen LogP) is 3.70. The molecule has 0 aliphatic heterocycles. The van der Waals surface area contributed by atoms with Gasteiger partial charge in [-0.15, -0.1) is 0 Å². The van der Waals surface area contributed by atoms with Crippen LogP contribution in [0.15, 0.2) is 16.7 Å². The van der Waals surface area contributed by atoms with E-state index in [-0.39, 0.29) is 6.04 Å². The topological polar surface area (TPSA) is 51.2 Å². The molecule has 98 valence electrons. The van der Waals surface area contributed by atoms with Gasteiger partial charge in [-0.2, -0.15) is 0 Å². The Morgan fingerprint density at radius 2 is 2.18 bits per heavy atom. The van der Waals surface area contributed by atoms with Crippen molar-refractivity contribution in [2.75, 3.05) is 0 Å². The van der Waals surface area contributed by atoms with Gasteiger partial charge in [-0.3, -0.25) is 5.84 Å². The molecule has 0 amide bonds. The second kappa shape index (κ2) is 7.51. The number of hydrazine groups is 1. The number of nitrogens with one attached hydrogen (secondary N) is 1. The Morgan fingerprint density at radius 3 is 2.65 bits per heavy atom. The van der Waals surface area contributed by atoms with E-state index in [0.717, 1.165) is 18.1 Å². The highest BCUT2D eigenvalue weighted by Gasteiger charge is 2.19. The van der Waals surface area contributed by atoms with Gasteiger partial charge in [0.05, 0.1) is 12.3 Å². The Bertz CT molecular complexity index is 309. The molecule has 0 aliphatic carbocycles. The first kappa shape index (κ1) is 14.3. The molecule has 17 heavy (non-hydrogen) atoms. The molecule has 0 saturated carbocycles. The molecule has 0 aliphatic rings. The Labute approximate surface area is 105 Å². The summed E-state index contributed by atoms with van der Waals surface area (Å²) in [7, 11) is 0. The van der Waals surface area contributed by atoms with Crippen LogP contribution in [0, 0.1) is 12.8 Å². The fourth-order valence-corrected chi connectivity index (χ4v) is 2.31. The Morgan fingerprint density at radius 1 is 1.41 bits per heavy atom. The highest BCUT2D eigenvalue weighted by atomic mass is 16.3. The molecule has 0 bridgehead atoms. The normalized spacial score (nSPS) is 14.8. The molecule has 0 aromatic carbocycles. The molecule has 3 nitrogen and oxygen atoms in total. The number of aryl methyl sites for hydroxylation is 1. The average Bonchev–Trinajstić information content (AvgIpc) is 2.76. The Balaban J connectivity index is 2.59. The molecule has 0 saturated heterocycles. The first-order valence-electron chi connectivity index (χ1n) is 6.73. The number of rotatable bonds is 8. The van der Waals surface area contributed by atoms with Crippen molar-refractivity contribution in [2.45, 2.75) is 58.9 Å². The second-order valence-electron chi connectivity index (χ2n) is 4.84. The van der Waals surface area contributed by atoms with E-state index in [1.54, 1.807) is 6.26 Å². The highest BCUT2D eigenvalue weighted by molar-refractivity contribution is 5.18. The fourth-order valence-electron chi connectivity index (χ4n) is 2.31. The monoisotopic (exact) mass is 238 g/mol. The molecule has 3 heteroatoms. The average molecular weight is 238 g/mol. The largest absolute Gasteiger partial charge is 0.467 e. The predicted molar refractivity (Wildman–Crippen MR) is 71.4 cm³/mol. The van der Waals surface area contributed by atoms with Crippen molar-refractivity contribution in [3.63, 3.8) is 0 Å². The Kier molecular flexibility index (Phi) is 6.30. The van der Waals surface area contributed by atoms with Gasteiger partial charge >= 0.3 is 0 Å². The van der Waals surface area contributed by atoms with E-state index in [9.17, 15) is 0 Å². The van der Waals surface area contributed by atoms with Crippen LogP contribution in [0.4, 0.5) is 0 Å². The molecular weight excluding hydrogens is 212 g/mol. The number of furan rings is 1. The third-order valence-corrected chi connectivity index (χ3v) is 3.53. The van der Waals surface area contributed by atoms with E-state index in [1.807, 2.05) is 6.07 Å². The summed E-state index contributed by atoms with van der Waals surface area (Å²) >= 11 is 0. The van der Waals surface area contributed by atoms with Crippen LogP contribution in [-0.4, -0.2) is 0 Å². The van der Waals surface area contributed by atoms with Crippen molar-refractivity contribution in [1.82, 2.24) is 5.43 Å². The number of hydrogen-bond donors (Lipinski definition) is 2. The summed E-state index contributed by atoms with van der Waals surface area (Å²) in [6.07, 6.45) is 7.84. The fraction of sp³-hybridized carbons (Fsp3) is 0.714. The molecule has 0 radical (unpaired) electrons. The lowest BCUT2D eigenvalue weighted by atomic mass is 9.91. The lowest BCUT2D eigenvalue weighted by Gasteiger charge is -2.21. The van der Waals surface area contributed by atoms with Crippen LogP contribution in [0.25, 0.3) is 0 Å². The molecule has 0 fully saturated rings. The summed E-state index contributed by atoms with van der Waals surface area (Å²) in [5.41, 5.74) is 4.07. The summed E-state index contributed by atoms with van der Waals surface area (Å²) in [6.45, 7) is 6.56. The lowest BCUT2D eigenvalue weighted by molar-refractivity contribution is 0.319. The van der Waals surface area contributed by atoms with Gasteiger partial charge in [0, 0.05) is 0 Å². The van der Waals surface area contributed by atoms with E-state index in [2.05, 4.69) is 26.2 Å². The molecule has 1 rings (SSSR count). The maximum absolute atomic E-state index is 5.65. The number of nitrogens with two attached hydrogens (primary N) is 1. The van der Waals surface area contributed by atoms with Gasteiger partial charge in [-0.25, -0.2) is 5.43 Å². The maximum Gasteiger partial charge on any atom is 0.124 e. The summed E-state index contributed by atoms with van der Waals surface area (Å²) in [5.74, 6) is 7.37. The highest BCUT2D eigenvalue weighted by Crippen LogP contribution is 2.28. The third-order valence-electron chi connectivity index (χ3n) is 3.53. The summed E-state index contributed by atoms with van der Waals surface area (Å²) in [4.78, 5) is 0. The second-order valence-corrected chi connectivity index (χ2v) is 4.84. The van der Waals surface area contributed by atoms with E-state index < -0.39 is 0 Å². The van der Waals surface area contributed by atoms with E-state index in [4.69, 9.17) is 10.3 Å². The standard InChI is InChI=1S/C14H26N2O/c1-4-6-7-12(5-2)10-13(16-15)14-11(3)8-9-17-14/h8-9,12-13,16H,4-7,10,15H2,1-3H3. The van der Waals surface area contributed by atoms with Crippen LogP contribution in [0.3, 0.4) is 0 Å². The summed E-state index contributed by atoms with van der Waals surface area (Å²) in [5, 5.41) is 0. The van der Waals surface area contributed by atoms with Gasteiger partial charge in [0.1, 0.15) is 5.76 Å². The van der Waals surface area contributed by atoms with Crippen molar-refractivity contribution in [3.05, 3.63) is 23.7 Å². The number of unbranched alkanes of at least 4 members (excludes halogenated alkanes) is 1. The van der Waals surface area contributed by atoms with Crippen LogP contribution in [0.2, 0.25) is 0 Å². The van der Waals surface area contributed by atoms with Gasteiger partial charge in [-0.05, 0) is 30.9 Å².